The number of rotatable bonds is 5. The van der Waals surface area contributed by atoms with Gasteiger partial charge in [0.05, 0.1) is 4.47 Å². The summed E-state index contributed by atoms with van der Waals surface area (Å²) in [5, 5.41) is 8.51. The molecule has 1 radical (unpaired) electrons. The lowest BCUT2D eigenvalue weighted by Crippen LogP contribution is -2.05. The maximum absolute atomic E-state index is 8.51. The Hall–Kier alpha value is -0.715. The number of hydrogen-bond donors (Lipinski definition) is 1. The summed E-state index contributed by atoms with van der Waals surface area (Å²) in [6.45, 7) is 0.115. The fourth-order valence-electron chi connectivity index (χ4n) is 0.897. The van der Waals surface area contributed by atoms with E-state index in [-0.39, 0.29) is 6.79 Å². The number of para-hydroxylation sites is 1. The SMILES string of the molecule is COCOc1c(Br)cccc1O[B]O. The summed E-state index contributed by atoms with van der Waals surface area (Å²) < 4.78 is 15.6. The molecule has 0 unspecified atom stereocenters. The van der Waals surface area contributed by atoms with Gasteiger partial charge in [0.1, 0.15) is 5.75 Å². The van der Waals surface area contributed by atoms with Crippen LogP contribution in [0.4, 0.5) is 0 Å². The van der Waals surface area contributed by atoms with E-state index >= 15 is 0 Å². The molecule has 0 aliphatic heterocycles. The van der Waals surface area contributed by atoms with E-state index in [1.807, 2.05) is 0 Å². The Morgan fingerprint density at radius 1 is 1.50 bits per heavy atom. The molecule has 0 aromatic heterocycles. The minimum absolute atomic E-state index is 0.115. The highest BCUT2D eigenvalue weighted by molar-refractivity contribution is 9.10. The summed E-state index contributed by atoms with van der Waals surface area (Å²) >= 11 is 3.29. The highest BCUT2D eigenvalue weighted by Crippen LogP contribution is 2.34. The summed E-state index contributed by atoms with van der Waals surface area (Å²) in [7, 11) is 2.12. The standard InChI is InChI=1S/C8H9BBrO4/c1-12-5-13-8-6(10)3-2-4-7(8)14-9-11/h2-4,11H,5H2,1H3. The van der Waals surface area contributed by atoms with Crippen LogP contribution in [0.1, 0.15) is 0 Å². The molecule has 6 heteroatoms. The molecule has 1 aromatic carbocycles. The molecule has 0 saturated heterocycles. The zero-order valence-electron chi connectivity index (χ0n) is 7.57. The van der Waals surface area contributed by atoms with Crippen molar-refractivity contribution in [1.29, 1.82) is 0 Å². The van der Waals surface area contributed by atoms with Gasteiger partial charge in [-0.05, 0) is 28.1 Å². The van der Waals surface area contributed by atoms with Gasteiger partial charge in [0.25, 0.3) is 0 Å². The van der Waals surface area contributed by atoms with Crippen molar-refractivity contribution in [2.24, 2.45) is 0 Å². The van der Waals surface area contributed by atoms with E-state index in [4.69, 9.17) is 19.2 Å². The van der Waals surface area contributed by atoms with Crippen molar-refractivity contribution in [2.45, 2.75) is 0 Å². The number of halogens is 1. The summed E-state index contributed by atoms with van der Waals surface area (Å²) in [6.07, 6.45) is 0. The van der Waals surface area contributed by atoms with Crippen molar-refractivity contribution in [3.8, 4) is 11.5 Å². The smallest absolute Gasteiger partial charge is 0.535 e. The van der Waals surface area contributed by atoms with Crippen molar-refractivity contribution < 1.29 is 19.2 Å². The number of hydrogen-bond acceptors (Lipinski definition) is 4. The van der Waals surface area contributed by atoms with E-state index < -0.39 is 0 Å². The number of benzene rings is 1. The van der Waals surface area contributed by atoms with Crippen LogP contribution in [0.15, 0.2) is 22.7 Å². The van der Waals surface area contributed by atoms with Crippen LogP contribution < -0.4 is 9.39 Å². The molecule has 14 heavy (non-hydrogen) atoms. The molecule has 0 atom stereocenters. The zero-order valence-corrected chi connectivity index (χ0v) is 9.15. The Kier molecular flexibility index (Phi) is 4.79. The first-order valence-electron chi connectivity index (χ1n) is 3.82. The van der Waals surface area contributed by atoms with Crippen molar-refractivity contribution in [2.75, 3.05) is 13.9 Å². The van der Waals surface area contributed by atoms with E-state index in [0.29, 0.717) is 19.2 Å². The third-order valence-electron chi connectivity index (χ3n) is 1.43. The quantitative estimate of drug-likeness (QED) is 0.641. The van der Waals surface area contributed by atoms with E-state index in [9.17, 15) is 0 Å². The first-order chi connectivity index (χ1) is 6.79. The van der Waals surface area contributed by atoms with E-state index in [2.05, 4.69) is 15.9 Å². The zero-order chi connectivity index (χ0) is 10.4. The first-order valence-corrected chi connectivity index (χ1v) is 4.61. The van der Waals surface area contributed by atoms with Crippen LogP contribution in [-0.2, 0) is 4.74 Å². The lowest BCUT2D eigenvalue weighted by atomic mass is 10.3. The molecule has 4 nitrogen and oxygen atoms in total. The molecular weight excluding hydrogens is 251 g/mol. The molecule has 0 aliphatic rings. The van der Waals surface area contributed by atoms with E-state index in [1.54, 1.807) is 18.2 Å². The maximum Gasteiger partial charge on any atom is 0.569 e. The van der Waals surface area contributed by atoms with Gasteiger partial charge in [-0.1, -0.05) is 6.07 Å². The molecule has 1 rings (SSSR count). The van der Waals surface area contributed by atoms with Crippen LogP contribution in [0.25, 0.3) is 0 Å². The van der Waals surface area contributed by atoms with Gasteiger partial charge in [-0.15, -0.1) is 0 Å². The van der Waals surface area contributed by atoms with E-state index in [0.717, 1.165) is 4.47 Å². The fourth-order valence-corrected chi connectivity index (χ4v) is 1.36. The minimum Gasteiger partial charge on any atom is -0.535 e. The normalized spacial score (nSPS) is 9.64. The average molecular weight is 260 g/mol. The van der Waals surface area contributed by atoms with Crippen LogP contribution in [-0.4, -0.2) is 26.6 Å². The Morgan fingerprint density at radius 2 is 2.29 bits per heavy atom. The van der Waals surface area contributed by atoms with E-state index in [1.165, 1.54) is 7.11 Å². The number of ether oxygens (including phenoxy) is 2. The van der Waals surface area contributed by atoms with Gasteiger partial charge < -0.3 is 19.2 Å². The molecule has 0 amide bonds. The molecule has 0 heterocycles. The van der Waals surface area contributed by atoms with Crippen molar-refractivity contribution >= 4 is 23.6 Å². The molecule has 0 bridgehead atoms. The van der Waals surface area contributed by atoms with Crippen molar-refractivity contribution in [1.82, 2.24) is 0 Å². The Bertz CT molecular complexity index is 295. The molecule has 1 aromatic rings. The highest BCUT2D eigenvalue weighted by atomic mass is 79.9. The predicted molar refractivity (Wildman–Crippen MR) is 55.2 cm³/mol. The van der Waals surface area contributed by atoms with Crippen LogP contribution in [0, 0.1) is 0 Å². The predicted octanol–water partition coefficient (Wildman–Crippen LogP) is 1.34. The van der Waals surface area contributed by atoms with Gasteiger partial charge in [0.2, 0.25) is 0 Å². The third kappa shape index (κ3) is 2.90. The third-order valence-corrected chi connectivity index (χ3v) is 2.06. The van der Waals surface area contributed by atoms with Crippen LogP contribution >= 0.6 is 15.9 Å². The lowest BCUT2D eigenvalue weighted by Gasteiger charge is -2.11. The topological polar surface area (TPSA) is 47.9 Å². The summed E-state index contributed by atoms with van der Waals surface area (Å²) in [6, 6.07) is 5.24. The summed E-state index contributed by atoms with van der Waals surface area (Å²) in [5.74, 6) is 0.901. The Morgan fingerprint density at radius 3 is 2.93 bits per heavy atom. The average Bonchev–Trinajstić information content (AvgIpc) is 2.18. The molecule has 75 valence electrons. The maximum atomic E-state index is 8.51. The monoisotopic (exact) mass is 259 g/mol. The Labute approximate surface area is 91.2 Å². The van der Waals surface area contributed by atoms with Crippen molar-refractivity contribution in [3.05, 3.63) is 22.7 Å². The van der Waals surface area contributed by atoms with Gasteiger partial charge in [-0.2, -0.15) is 0 Å². The fraction of sp³-hybridized carbons (Fsp3) is 0.250. The summed E-state index contributed by atoms with van der Waals surface area (Å²) in [5.41, 5.74) is 0. The van der Waals surface area contributed by atoms with Gasteiger partial charge in [0.15, 0.2) is 12.5 Å². The van der Waals surface area contributed by atoms with Gasteiger partial charge in [-0.25, -0.2) is 0 Å². The van der Waals surface area contributed by atoms with Gasteiger partial charge in [-0.3, -0.25) is 0 Å². The van der Waals surface area contributed by atoms with Crippen molar-refractivity contribution in [3.63, 3.8) is 0 Å². The molecule has 0 saturated carbocycles. The number of methoxy groups -OCH3 is 1. The second-order valence-corrected chi connectivity index (χ2v) is 3.20. The second kappa shape index (κ2) is 5.90. The second-order valence-electron chi connectivity index (χ2n) is 2.34. The molecular formula is C8H9BBrO4. The minimum atomic E-state index is 0.115. The van der Waals surface area contributed by atoms with Gasteiger partial charge >= 0.3 is 7.69 Å². The Balaban J connectivity index is 2.84. The largest absolute Gasteiger partial charge is 0.569 e. The first kappa shape index (κ1) is 11.4. The molecule has 0 spiro atoms. The van der Waals surface area contributed by atoms with Crippen LogP contribution in [0.2, 0.25) is 0 Å². The lowest BCUT2D eigenvalue weighted by molar-refractivity contribution is 0.0492. The van der Waals surface area contributed by atoms with Crippen LogP contribution in [0.5, 0.6) is 11.5 Å². The molecule has 1 N–H and O–H groups in total. The molecule has 0 aliphatic carbocycles. The molecule has 0 fully saturated rings. The summed E-state index contributed by atoms with van der Waals surface area (Å²) in [4.78, 5) is 0. The van der Waals surface area contributed by atoms with Crippen LogP contribution in [0.3, 0.4) is 0 Å². The highest BCUT2D eigenvalue weighted by Gasteiger charge is 2.09. The van der Waals surface area contributed by atoms with Gasteiger partial charge in [0, 0.05) is 7.11 Å².